The summed E-state index contributed by atoms with van der Waals surface area (Å²) in [5.74, 6) is 1.78. The second kappa shape index (κ2) is 7.74. The molecule has 1 aliphatic rings. The van der Waals surface area contributed by atoms with Gasteiger partial charge in [0.05, 0.1) is 0 Å². The van der Waals surface area contributed by atoms with Crippen molar-refractivity contribution in [3.05, 3.63) is 18.0 Å². The highest BCUT2D eigenvalue weighted by Crippen LogP contribution is 2.30. The van der Waals surface area contributed by atoms with Crippen LogP contribution in [0.4, 0.5) is 5.95 Å². The van der Waals surface area contributed by atoms with E-state index in [2.05, 4.69) is 35.8 Å². The minimum atomic E-state index is 0.210. The molecule has 1 aromatic heterocycles. The monoisotopic (exact) mass is 290 g/mol. The van der Waals surface area contributed by atoms with Crippen LogP contribution in [0.1, 0.15) is 57.9 Å². The highest BCUT2D eigenvalue weighted by molar-refractivity contribution is 5.30. The Kier molecular flexibility index (Phi) is 5.97. The van der Waals surface area contributed by atoms with Crippen LogP contribution in [0, 0.1) is 5.92 Å². The zero-order valence-corrected chi connectivity index (χ0v) is 13.8. The first-order valence-electron chi connectivity index (χ1n) is 8.43. The third-order valence-electron chi connectivity index (χ3n) is 4.97. The molecule has 0 bridgehead atoms. The zero-order valence-electron chi connectivity index (χ0n) is 13.8. The number of hydrogen-bond acceptors (Lipinski definition) is 4. The van der Waals surface area contributed by atoms with Gasteiger partial charge in [-0.05, 0) is 50.0 Å². The molecule has 0 aliphatic heterocycles. The van der Waals surface area contributed by atoms with Gasteiger partial charge in [-0.3, -0.25) is 0 Å². The highest BCUT2D eigenvalue weighted by atomic mass is 15.2. The molecule has 2 N–H and O–H groups in total. The molecule has 1 aliphatic carbocycles. The van der Waals surface area contributed by atoms with E-state index in [9.17, 15) is 0 Å². The molecule has 4 nitrogen and oxygen atoms in total. The molecule has 0 amide bonds. The van der Waals surface area contributed by atoms with E-state index in [-0.39, 0.29) is 6.04 Å². The van der Waals surface area contributed by atoms with Crippen LogP contribution in [0.5, 0.6) is 0 Å². The summed E-state index contributed by atoms with van der Waals surface area (Å²) in [6.07, 6.45) is 12.3. The summed E-state index contributed by atoms with van der Waals surface area (Å²) in [4.78, 5) is 11.3. The number of anilines is 1. The van der Waals surface area contributed by atoms with E-state index in [1.165, 1.54) is 32.1 Å². The van der Waals surface area contributed by atoms with Gasteiger partial charge in [0.25, 0.3) is 0 Å². The minimum Gasteiger partial charge on any atom is -0.341 e. The standard InChI is InChI=1S/C17H30N4/c1-4-13-6-8-16(9-7-13)21(3)17-19-11-14(12-20-17)10-15(18)5-2/h11-13,15-16H,4-10,18H2,1-3H3. The summed E-state index contributed by atoms with van der Waals surface area (Å²) in [6.45, 7) is 4.41. The molecule has 2 rings (SSSR count). The molecule has 118 valence electrons. The molecule has 1 heterocycles. The van der Waals surface area contributed by atoms with Crippen molar-refractivity contribution >= 4 is 5.95 Å². The first-order chi connectivity index (χ1) is 10.1. The third-order valence-corrected chi connectivity index (χ3v) is 4.97. The van der Waals surface area contributed by atoms with Gasteiger partial charge in [-0.15, -0.1) is 0 Å². The van der Waals surface area contributed by atoms with E-state index in [0.29, 0.717) is 6.04 Å². The summed E-state index contributed by atoms with van der Waals surface area (Å²) < 4.78 is 0. The van der Waals surface area contributed by atoms with Gasteiger partial charge in [-0.2, -0.15) is 0 Å². The van der Waals surface area contributed by atoms with Crippen LogP contribution in [-0.4, -0.2) is 29.1 Å². The van der Waals surface area contributed by atoms with Gasteiger partial charge in [0.2, 0.25) is 5.95 Å². The molecule has 1 atom stereocenters. The van der Waals surface area contributed by atoms with E-state index in [1.54, 1.807) is 0 Å². The fraction of sp³-hybridized carbons (Fsp3) is 0.765. The number of nitrogens with zero attached hydrogens (tertiary/aromatic N) is 3. The molecule has 1 unspecified atom stereocenters. The fourth-order valence-corrected chi connectivity index (χ4v) is 3.19. The number of aromatic nitrogens is 2. The van der Waals surface area contributed by atoms with Crippen molar-refractivity contribution in [3.8, 4) is 0 Å². The molecule has 1 aromatic rings. The Bertz CT molecular complexity index is 409. The number of rotatable bonds is 6. The molecule has 0 saturated heterocycles. The van der Waals surface area contributed by atoms with Crippen LogP contribution in [0.3, 0.4) is 0 Å². The molecular formula is C17H30N4. The van der Waals surface area contributed by atoms with Gasteiger partial charge >= 0.3 is 0 Å². The van der Waals surface area contributed by atoms with Crippen molar-refractivity contribution in [2.24, 2.45) is 11.7 Å². The topological polar surface area (TPSA) is 55.0 Å². The Hall–Kier alpha value is -1.16. The largest absolute Gasteiger partial charge is 0.341 e. The molecule has 21 heavy (non-hydrogen) atoms. The Morgan fingerprint density at radius 1 is 1.19 bits per heavy atom. The second-order valence-corrected chi connectivity index (χ2v) is 6.46. The molecule has 4 heteroatoms. The van der Waals surface area contributed by atoms with Gasteiger partial charge in [-0.1, -0.05) is 20.3 Å². The smallest absolute Gasteiger partial charge is 0.225 e. The predicted molar refractivity (Wildman–Crippen MR) is 88.4 cm³/mol. The van der Waals surface area contributed by atoms with Crippen LogP contribution in [0.15, 0.2) is 12.4 Å². The Labute approximate surface area is 129 Å². The number of hydrogen-bond donors (Lipinski definition) is 1. The van der Waals surface area contributed by atoms with E-state index in [1.807, 2.05) is 12.4 Å². The lowest BCUT2D eigenvalue weighted by Crippen LogP contribution is -2.36. The maximum atomic E-state index is 5.98. The molecule has 0 spiro atoms. The second-order valence-electron chi connectivity index (χ2n) is 6.46. The average Bonchev–Trinajstić information content (AvgIpc) is 2.55. The molecular weight excluding hydrogens is 260 g/mol. The van der Waals surface area contributed by atoms with Gasteiger partial charge in [0.1, 0.15) is 0 Å². The highest BCUT2D eigenvalue weighted by Gasteiger charge is 2.24. The Balaban J connectivity index is 1.92. The van der Waals surface area contributed by atoms with E-state index >= 15 is 0 Å². The first kappa shape index (κ1) is 16.2. The first-order valence-corrected chi connectivity index (χ1v) is 8.43. The lowest BCUT2D eigenvalue weighted by molar-refractivity contribution is 0.312. The van der Waals surface area contributed by atoms with Gasteiger partial charge in [0.15, 0.2) is 0 Å². The van der Waals surface area contributed by atoms with Crippen molar-refractivity contribution < 1.29 is 0 Å². The zero-order chi connectivity index (χ0) is 15.2. The van der Waals surface area contributed by atoms with E-state index in [0.717, 1.165) is 30.3 Å². The van der Waals surface area contributed by atoms with Gasteiger partial charge in [-0.25, -0.2) is 9.97 Å². The lowest BCUT2D eigenvalue weighted by Gasteiger charge is -2.34. The summed E-state index contributed by atoms with van der Waals surface area (Å²) in [7, 11) is 2.13. The predicted octanol–water partition coefficient (Wildman–Crippen LogP) is 3.16. The van der Waals surface area contributed by atoms with Gasteiger partial charge in [0, 0.05) is 31.5 Å². The Morgan fingerprint density at radius 3 is 2.33 bits per heavy atom. The van der Waals surface area contributed by atoms with Crippen molar-refractivity contribution in [3.63, 3.8) is 0 Å². The van der Waals surface area contributed by atoms with Crippen LogP contribution in [0.25, 0.3) is 0 Å². The minimum absolute atomic E-state index is 0.210. The molecule has 0 aromatic carbocycles. The summed E-state index contributed by atoms with van der Waals surface area (Å²) in [5, 5.41) is 0. The van der Waals surface area contributed by atoms with Crippen molar-refractivity contribution in [1.29, 1.82) is 0 Å². The van der Waals surface area contributed by atoms with E-state index < -0.39 is 0 Å². The van der Waals surface area contributed by atoms with Crippen molar-refractivity contribution in [2.75, 3.05) is 11.9 Å². The Morgan fingerprint density at radius 2 is 1.81 bits per heavy atom. The van der Waals surface area contributed by atoms with E-state index in [4.69, 9.17) is 5.73 Å². The summed E-state index contributed by atoms with van der Waals surface area (Å²) in [5.41, 5.74) is 7.12. The van der Waals surface area contributed by atoms with Crippen molar-refractivity contribution in [2.45, 2.75) is 70.9 Å². The average molecular weight is 290 g/mol. The number of nitrogens with two attached hydrogens (primary N) is 1. The lowest BCUT2D eigenvalue weighted by atomic mass is 9.84. The quantitative estimate of drug-likeness (QED) is 0.874. The van der Waals surface area contributed by atoms with Crippen LogP contribution < -0.4 is 10.6 Å². The fourth-order valence-electron chi connectivity index (χ4n) is 3.19. The van der Waals surface area contributed by atoms with Crippen LogP contribution >= 0.6 is 0 Å². The van der Waals surface area contributed by atoms with Crippen molar-refractivity contribution in [1.82, 2.24) is 9.97 Å². The molecule has 1 fully saturated rings. The maximum Gasteiger partial charge on any atom is 0.225 e. The normalized spacial score (nSPS) is 23.8. The summed E-state index contributed by atoms with van der Waals surface area (Å²) >= 11 is 0. The third kappa shape index (κ3) is 4.40. The van der Waals surface area contributed by atoms with Gasteiger partial charge < -0.3 is 10.6 Å². The maximum absolute atomic E-state index is 5.98. The van der Waals surface area contributed by atoms with Crippen LogP contribution in [0.2, 0.25) is 0 Å². The molecule has 1 saturated carbocycles. The molecule has 0 radical (unpaired) electrons. The SMILES string of the molecule is CCC(N)Cc1cnc(N(C)C2CCC(CC)CC2)nc1. The summed E-state index contributed by atoms with van der Waals surface area (Å²) in [6, 6.07) is 0.804. The van der Waals surface area contributed by atoms with Crippen LogP contribution in [-0.2, 0) is 6.42 Å².